The van der Waals surface area contributed by atoms with Crippen molar-refractivity contribution in [1.82, 2.24) is 5.32 Å². The van der Waals surface area contributed by atoms with Crippen molar-refractivity contribution in [1.29, 1.82) is 0 Å². The maximum Gasteiger partial charge on any atom is 0.264 e. The second-order valence-corrected chi connectivity index (χ2v) is 7.22. The second-order valence-electron chi connectivity index (χ2n) is 6.18. The largest absolute Gasteiger partial charge is 0.366 e. The summed E-state index contributed by atoms with van der Waals surface area (Å²) in [5.74, 6) is -0.302. The van der Waals surface area contributed by atoms with Gasteiger partial charge in [0.1, 0.15) is 0 Å². The van der Waals surface area contributed by atoms with E-state index in [4.69, 9.17) is 5.73 Å². The fraction of sp³-hybridized carbons (Fsp3) is 0.150. The third-order valence-electron chi connectivity index (χ3n) is 3.94. The van der Waals surface area contributed by atoms with Gasteiger partial charge >= 0.3 is 0 Å². The Hall–Kier alpha value is -2.86. The SMILES string of the molecule is CC(C)c1ccc(/C=C2\SC(=Nc3ccccc3C(N)=O)NC2=O)cc1. The van der Waals surface area contributed by atoms with Crippen LogP contribution in [0.4, 0.5) is 5.69 Å². The number of carbonyl (C=O) groups is 2. The molecule has 1 aliphatic rings. The van der Waals surface area contributed by atoms with Crippen molar-refractivity contribution in [2.75, 3.05) is 0 Å². The number of aliphatic imine (C=N–C) groups is 1. The highest BCUT2D eigenvalue weighted by molar-refractivity contribution is 8.18. The van der Waals surface area contributed by atoms with E-state index in [0.29, 0.717) is 27.2 Å². The molecule has 1 fully saturated rings. The normalized spacial score (nSPS) is 17.1. The fourth-order valence-corrected chi connectivity index (χ4v) is 3.33. The van der Waals surface area contributed by atoms with Gasteiger partial charge in [-0.1, -0.05) is 50.2 Å². The highest BCUT2D eigenvalue weighted by Gasteiger charge is 2.24. The summed E-state index contributed by atoms with van der Waals surface area (Å²) in [4.78, 5) is 28.6. The average Bonchev–Trinajstić information content (AvgIpc) is 2.95. The van der Waals surface area contributed by atoms with Crippen LogP contribution in [0, 0.1) is 0 Å². The fourth-order valence-electron chi connectivity index (χ4n) is 2.50. The minimum atomic E-state index is -0.555. The molecule has 0 aromatic heterocycles. The molecule has 0 spiro atoms. The molecule has 3 N–H and O–H groups in total. The standard InChI is InChI=1S/C20H19N3O2S/c1-12(2)14-9-7-13(8-10-14)11-17-19(25)23-20(26-17)22-16-6-4-3-5-15(16)18(21)24/h3-12H,1-2H3,(H2,21,24)(H,22,23,25)/b17-11-. The summed E-state index contributed by atoms with van der Waals surface area (Å²) in [6.07, 6.45) is 1.83. The molecule has 132 valence electrons. The van der Waals surface area contributed by atoms with Crippen molar-refractivity contribution in [3.63, 3.8) is 0 Å². The summed E-state index contributed by atoms with van der Waals surface area (Å²) >= 11 is 1.24. The van der Waals surface area contributed by atoms with E-state index in [1.54, 1.807) is 24.3 Å². The number of primary amides is 1. The summed E-state index contributed by atoms with van der Waals surface area (Å²) < 4.78 is 0. The molecular weight excluding hydrogens is 346 g/mol. The van der Waals surface area contributed by atoms with Crippen LogP contribution in [0.5, 0.6) is 0 Å². The van der Waals surface area contributed by atoms with E-state index in [9.17, 15) is 9.59 Å². The van der Waals surface area contributed by atoms with Crippen LogP contribution in [-0.2, 0) is 4.79 Å². The molecule has 0 unspecified atom stereocenters. The van der Waals surface area contributed by atoms with Crippen LogP contribution in [-0.4, -0.2) is 17.0 Å². The minimum Gasteiger partial charge on any atom is -0.366 e. The molecule has 1 aliphatic heterocycles. The minimum absolute atomic E-state index is 0.210. The lowest BCUT2D eigenvalue weighted by molar-refractivity contribution is -0.115. The Labute approximate surface area is 156 Å². The zero-order chi connectivity index (χ0) is 18.7. The van der Waals surface area contributed by atoms with Crippen LogP contribution >= 0.6 is 11.8 Å². The number of amidine groups is 1. The number of rotatable bonds is 4. The van der Waals surface area contributed by atoms with Crippen molar-refractivity contribution in [3.05, 3.63) is 70.1 Å². The van der Waals surface area contributed by atoms with E-state index < -0.39 is 5.91 Å². The molecule has 0 saturated carbocycles. The van der Waals surface area contributed by atoms with Gasteiger partial charge in [0.2, 0.25) is 0 Å². The van der Waals surface area contributed by atoms with Crippen molar-refractivity contribution in [2.24, 2.45) is 10.7 Å². The summed E-state index contributed by atoms with van der Waals surface area (Å²) in [5, 5.41) is 3.15. The van der Waals surface area contributed by atoms with E-state index in [-0.39, 0.29) is 5.91 Å². The Balaban J connectivity index is 1.83. The maximum absolute atomic E-state index is 12.2. The lowest BCUT2D eigenvalue weighted by Gasteiger charge is -2.04. The molecular formula is C20H19N3O2S. The molecule has 2 amide bonds. The van der Waals surface area contributed by atoms with Crippen LogP contribution in [0.3, 0.4) is 0 Å². The summed E-state index contributed by atoms with van der Waals surface area (Å²) in [6.45, 7) is 4.28. The first-order valence-electron chi connectivity index (χ1n) is 8.22. The maximum atomic E-state index is 12.2. The number of para-hydroxylation sites is 1. The summed E-state index contributed by atoms with van der Waals surface area (Å²) in [6, 6.07) is 14.9. The smallest absolute Gasteiger partial charge is 0.264 e. The summed E-state index contributed by atoms with van der Waals surface area (Å²) in [7, 11) is 0. The number of hydrogen-bond donors (Lipinski definition) is 2. The average molecular weight is 365 g/mol. The number of nitrogens with two attached hydrogens (primary N) is 1. The van der Waals surface area contributed by atoms with E-state index in [1.165, 1.54) is 17.3 Å². The van der Waals surface area contributed by atoms with Crippen LogP contribution < -0.4 is 11.1 Å². The third-order valence-corrected chi connectivity index (χ3v) is 4.85. The van der Waals surface area contributed by atoms with E-state index in [1.807, 2.05) is 18.2 Å². The van der Waals surface area contributed by atoms with E-state index in [2.05, 4.69) is 36.3 Å². The number of hydrogen-bond acceptors (Lipinski definition) is 4. The Morgan fingerprint density at radius 3 is 2.50 bits per heavy atom. The van der Waals surface area contributed by atoms with Crippen molar-refractivity contribution in [3.8, 4) is 0 Å². The van der Waals surface area contributed by atoms with Crippen molar-refractivity contribution in [2.45, 2.75) is 19.8 Å². The van der Waals surface area contributed by atoms with Crippen molar-refractivity contribution < 1.29 is 9.59 Å². The molecule has 2 aromatic carbocycles. The molecule has 0 atom stereocenters. The van der Waals surface area contributed by atoms with Gasteiger partial charge in [-0.3, -0.25) is 9.59 Å². The molecule has 0 radical (unpaired) electrons. The molecule has 1 heterocycles. The Kier molecular flexibility index (Phi) is 5.23. The number of benzene rings is 2. The van der Waals surface area contributed by atoms with Gasteiger partial charge in [0.25, 0.3) is 11.8 Å². The van der Waals surface area contributed by atoms with Gasteiger partial charge < -0.3 is 11.1 Å². The first kappa shape index (κ1) is 17.9. The number of nitrogens with zero attached hydrogens (tertiary/aromatic N) is 1. The highest BCUT2D eigenvalue weighted by atomic mass is 32.2. The number of nitrogens with one attached hydrogen (secondary N) is 1. The molecule has 3 rings (SSSR count). The zero-order valence-corrected chi connectivity index (χ0v) is 15.3. The van der Waals surface area contributed by atoms with Gasteiger partial charge in [-0.25, -0.2) is 4.99 Å². The molecule has 5 nitrogen and oxygen atoms in total. The first-order valence-corrected chi connectivity index (χ1v) is 9.04. The van der Waals surface area contributed by atoms with Gasteiger partial charge in [0.15, 0.2) is 5.17 Å². The molecule has 0 aliphatic carbocycles. The van der Waals surface area contributed by atoms with Crippen LogP contribution in [0.25, 0.3) is 6.08 Å². The number of amides is 2. The van der Waals surface area contributed by atoms with Gasteiger partial charge in [-0.15, -0.1) is 0 Å². The predicted molar refractivity (Wildman–Crippen MR) is 106 cm³/mol. The van der Waals surface area contributed by atoms with Crippen LogP contribution in [0.1, 0.15) is 41.3 Å². The number of carbonyl (C=O) groups excluding carboxylic acids is 2. The summed E-state index contributed by atoms with van der Waals surface area (Å²) in [5.41, 5.74) is 8.32. The van der Waals surface area contributed by atoms with Crippen LogP contribution in [0.15, 0.2) is 58.4 Å². The van der Waals surface area contributed by atoms with Gasteiger partial charge in [-0.05, 0) is 47.0 Å². The first-order chi connectivity index (χ1) is 12.4. The number of thioether (sulfide) groups is 1. The van der Waals surface area contributed by atoms with Gasteiger partial charge in [0, 0.05) is 0 Å². The monoisotopic (exact) mass is 365 g/mol. The van der Waals surface area contributed by atoms with E-state index in [0.717, 1.165) is 5.56 Å². The lowest BCUT2D eigenvalue weighted by Crippen LogP contribution is -2.19. The Morgan fingerprint density at radius 2 is 1.85 bits per heavy atom. The molecule has 6 heteroatoms. The molecule has 1 saturated heterocycles. The van der Waals surface area contributed by atoms with Gasteiger partial charge in [-0.2, -0.15) is 0 Å². The molecule has 0 bridgehead atoms. The third kappa shape index (κ3) is 4.03. The quantitative estimate of drug-likeness (QED) is 0.808. The Morgan fingerprint density at radius 1 is 1.15 bits per heavy atom. The second kappa shape index (κ2) is 7.58. The molecule has 26 heavy (non-hydrogen) atoms. The van der Waals surface area contributed by atoms with Crippen molar-refractivity contribution >= 4 is 40.5 Å². The topological polar surface area (TPSA) is 84.5 Å². The van der Waals surface area contributed by atoms with Crippen LogP contribution in [0.2, 0.25) is 0 Å². The Bertz CT molecular complexity index is 915. The highest BCUT2D eigenvalue weighted by Crippen LogP contribution is 2.29. The molecule has 2 aromatic rings. The van der Waals surface area contributed by atoms with Gasteiger partial charge in [0.05, 0.1) is 16.2 Å². The lowest BCUT2D eigenvalue weighted by atomic mass is 10.0. The predicted octanol–water partition coefficient (Wildman–Crippen LogP) is 3.80. The zero-order valence-electron chi connectivity index (χ0n) is 14.5. The van der Waals surface area contributed by atoms with E-state index >= 15 is 0 Å².